The van der Waals surface area contributed by atoms with Crippen LogP contribution in [0.4, 0.5) is 13.2 Å². The maximum atomic E-state index is 12.0. The van der Waals surface area contributed by atoms with Crippen LogP contribution < -0.4 is 5.32 Å². The van der Waals surface area contributed by atoms with Gasteiger partial charge in [0, 0.05) is 18.6 Å². The van der Waals surface area contributed by atoms with Gasteiger partial charge >= 0.3 is 6.18 Å². The van der Waals surface area contributed by atoms with Gasteiger partial charge in [-0.1, -0.05) is 0 Å². The van der Waals surface area contributed by atoms with Gasteiger partial charge in [-0.3, -0.25) is 0 Å². The van der Waals surface area contributed by atoms with E-state index in [-0.39, 0.29) is 12.6 Å². The van der Waals surface area contributed by atoms with Crippen molar-refractivity contribution in [3.8, 4) is 0 Å². The van der Waals surface area contributed by atoms with Crippen molar-refractivity contribution in [1.82, 2.24) is 10.2 Å². The van der Waals surface area contributed by atoms with Crippen LogP contribution in [0.5, 0.6) is 0 Å². The zero-order valence-corrected chi connectivity index (χ0v) is 9.27. The number of alkyl halides is 3. The molecular formula is C10H19F3N2. The fourth-order valence-electron chi connectivity index (χ4n) is 2.09. The number of halogens is 3. The lowest BCUT2D eigenvalue weighted by Crippen LogP contribution is -2.47. The minimum atomic E-state index is -4.03. The van der Waals surface area contributed by atoms with Crippen LogP contribution in [0.25, 0.3) is 0 Å². The Balaban J connectivity index is 2.32. The van der Waals surface area contributed by atoms with Gasteiger partial charge in [0.15, 0.2) is 0 Å². The molecule has 2 nitrogen and oxygen atoms in total. The number of piperidine rings is 1. The lowest BCUT2D eigenvalue weighted by molar-refractivity contribution is -0.139. The predicted octanol–water partition coefficient (Wildman–Crippen LogP) is 2.01. The molecule has 0 aromatic heterocycles. The minimum absolute atomic E-state index is 0.140. The Hall–Kier alpha value is -0.290. The molecule has 1 aliphatic rings. The quantitative estimate of drug-likeness (QED) is 0.789. The lowest BCUT2D eigenvalue weighted by atomic mass is 9.98. The molecule has 1 saturated heterocycles. The summed E-state index contributed by atoms with van der Waals surface area (Å²) in [5.74, 6) is 0. The summed E-state index contributed by atoms with van der Waals surface area (Å²) in [7, 11) is 1.91. The Morgan fingerprint density at radius 1 is 1.40 bits per heavy atom. The fourth-order valence-corrected chi connectivity index (χ4v) is 2.09. The second kappa shape index (κ2) is 5.16. The van der Waals surface area contributed by atoms with E-state index in [0.29, 0.717) is 6.04 Å². The maximum Gasteiger partial charge on any atom is 0.390 e. The van der Waals surface area contributed by atoms with Gasteiger partial charge in [-0.25, -0.2) is 0 Å². The highest BCUT2D eigenvalue weighted by Gasteiger charge is 2.31. The highest BCUT2D eigenvalue weighted by Crippen LogP contribution is 2.23. The smallest absolute Gasteiger partial charge is 0.317 e. The average molecular weight is 224 g/mol. The number of hydrogen-bond donors (Lipinski definition) is 1. The average Bonchev–Trinajstić information content (AvgIpc) is 2.14. The standard InChI is InChI=1S/C10H19F3N2/c1-8-7-9(14-2)3-5-15(8)6-4-10(11,12)13/h8-9,14H,3-7H2,1-2H3. The molecule has 1 N–H and O–H groups in total. The summed E-state index contributed by atoms with van der Waals surface area (Å²) in [6, 6.07) is 0.709. The number of hydrogen-bond acceptors (Lipinski definition) is 2. The molecule has 15 heavy (non-hydrogen) atoms. The van der Waals surface area contributed by atoms with Crippen LogP contribution in [0.3, 0.4) is 0 Å². The minimum Gasteiger partial charge on any atom is -0.317 e. The highest BCUT2D eigenvalue weighted by molar-refractivity contribution is 4.82. The van der Waals surface area contributed by atoms with Crippen molar-refractivity contribution in [2.24, 2.45) is 0 Å². The normalized spacial score (nSPS) is 29.4. The second-order valence-electron chi connectivity index (χ2n) is 4.26. The molecule has 0 saturated carbocycles. The molecule has 2 atom stereocenters. The van der Waals surface area contributed by atoms with E-state index >= 15 is 0 Å². The van der Waals surface area contributed by atoms with Crippen LogP contribution in [0.2, 0.25) is 0 Å². The van der Waals surface area contributed by atoms with E-state index in [1.165, 1.54) is 0 Å². The maximum absolute atomic E-state index is 12.0. The first-order valence-electron chi connectivity index (χ1n) is 5.40. The molecule has 0 amide bonds. The zero-order chi connectivity index (χ0) is 11.5. The van der Waals surface area contributed by atoms with Gasteiger partial charge in [-0.05, 0) is 33.4 Å². The van der Waals surface area contributed by atoms with Gasteiger partial charge in [-0.2, -0.15) is 13.2 Å². The Bertz CT molecular complexity index is 194. The van der Waals surface area contributed by atoms with Crippen molar-refractivity contribution in [3.05, 3.63) is 0 Å². The van der Waals surface area contributed by atoms with Crippen molar-refractivity contribution >= 4 is 0 Å². The molecule has 1 rings (SSSR count). The third-order valence-electron chi connectivity index (χ3n) is 3.10. The van der Waals surface area contributed by atoms with Crippen molar-refractivity contribution in [3.63, 3.8) is 0 Å². The van der Waals surface area contributed by atoms with E-state index in [1.807, 2.05) is 18.9 Å². The molecule has 90 valence electrons. The van der Waals surface area contributed by atoms with Gasteiger partial charge < -0.3 is 10.2 Å². The topological polar surface area (TPSA) is 15.3 Å². The van der Waals surface area contributed by atoms with Gasteiger partial charge in [0.2, 0.25) is 0 Å². The summed E-state index contributed by atoms with van der Waals surface area (Å²) < 4.78 is 36.1. The van der Waals surface area contributed by atoms with Crippen molar-refractivity contribution < 1.29 is 13.2 Å². The van der Waals surface area contributed by atoms with Gasteiger partial charge in [-0.15, -0.1) is 0 Å². The number of nitrogens with zero attached hydrogens (tertiary/aromatic N) is 1. The SMILES string of the molecule is CNC1CCN(CCC(F)(F)F)C(C)C1. The first-order valence-corrected chi connectivity index (χ1v) is 5.40. The van der Waals surface area contributed by atoms with Crippen LogP contribution in [0, 0.1) is 0 Å². The van der Waals surface area contributed by atoms with Crippen molar-refractivity contribution in [2.75, 3.05) is 20.1 Å². The third-order valence-corrected chi connectivity index (χ3v) is 3.10. The van der Waals surface area contributed by atoms with Crippen molar-refractivity contribution in [2.45, 2.75) is 44.4 Å². The van der Waals surface area contributed by atoms with E-state index in [1.54, 1.807) is 0 Å². The Kier molecular flexibility index (Phi) is 4.40. The second-order valence-corrected chi connectivity index (χ2v) is 4.26. The molecule has 0 spiro atoms. The van der Waals surface area contributed by atoms with E-state index in [4.69, 9.17) is 0 Å². The number of likely N-dealkylation sites (tertiary alicyclic amines) is 1. The first kappa shape index (κ1) is 12.8. The third kappa shape index (κ3) is 4.38. The molecule has 0 aliphatic carbocycles. The van der Waals surface area contributed by atoms with E-state index in [0.717, 1.165) is 19.4 Å². The number of rotatable bonds is 3. The fraction of sp³-hybridized carbons (Fsp3) is 1.00. The van der Waals surface area contributed by atoms with E-state index in [9.17, 15) is 13.2 Å². The van der Waals surface area contributed by atoms with E-state index < -0.39 is 12.6 Å². The summed E-state index contributed by atoms with van der Waals surface area (Å²) in [6.07, 6.45) is -2.84. The summed E-state index contributed by atoms with van der Waals surface area (Å²) in [6.45, 7) is 2.91. The van der Waals surface area contributed by atoms with Gasteiger partial charge in [0.1, 0.15) is 0 Å². The molecule has 0 aromatic carbocycles. The molecule has 1 fully saturated rings. The molecule has 0 aromatic rings. The Morgan fingerprint density at radius 2 is 2.07 bits per heavy atom. The van der Waals surface area contributed by atoms with Crippen LogP contribution in [-0.4, -0.2) is 43.3 Å². The molecule has 1 heterocycles. The molecule has 5 heteroatoms. The molecule has 1 aliphatic heterocycles. The summed E-state index contributed by atoms with van der Waals surface area (Å²) in [5, 5.41) is 3.18. The highest BCUT2D eigenvalue weighted by atomic mass is 19.4. The number of nitrogens with one attached hydrogen (secondary N) is 1. The van der Waals surface area contributed by atoms with Crippen LogP contribution in [0.1, 0.15) is 26.2 Å². The molecule has 2 unspecified atom stereocenters. The predicted molar refractivity (Wildman–Crippen MR) is 53.8 cm³/mol. The van der Waals surface area contributed by atoms with Crippen molar-refractivity contribution in [1.29, 1.82) is 0 Å². The zero-order valence-electron chi connectivity index (χ0n) is 9.27. The molecule has 0 bridgehead atoms. The summed E-state index contributed by atoms with van der Waals surface area (Å²) >= 11 is 0. The largest absolute Gasteiger partial charge is 0.390 e. The Labute approximate surface area is 88.8 Å². The monoisotopic (exact) mass is 224 g/mol. The van der Waals surface area contributed by atoms with Gasteiger partial charge in [0.25, 0.3) is 0 Å². The molecule has 0 radical (unpaired) electrons. The Morgan fingerprint density at radius 3 is 2.53 bits per heavy atom. The summed E-state index contributed by atoms with van der Waals surface area (Å²) in [4.78, 5) is 1.93. The van der Waals surface area contributed by atoms with Crippen LogP contribution in [0.15, 0.2) is 0 Å². The summed E-state index contributed by atoms with van der Waals surface area (Å²) in [5.41, 5.74) is 0. The first-order chi connectivity index (χ1) is 6.92. The van der Waals surface area contributed by atoms with Crippen LogP contribution >= 0.6 is 0 Å². The van der Waals surface area contributed by atoms with Crippen LogP contribution in [-0.2, 0) is 0 Å². The molecular weight excluding hydrogens is 205 g/mol. The van der Waals surface area contributed by atoms with E-state index in [2.05, 4.69) is 5.32 Å². The van der Waals surface area contributed by atoms with Gasteiger partial charge in [0.05, 0.1) is 6.42 Å². The lowest BCUT2D eigenvalue weighted by Gasteiger charge is -2.37.